The Balaban J connectivity index is 1.61. The van der Waals surface area contributed by atoms with Gasteiger partial charge in [0, 0.05) is 59.9 Å². The number of amides is 4. The second kappa shape index (κ2) is 9.27. The Hall–Kier alpha value is -1.50. The summed E-state index contributed by atoms with van der Waals surface area (Å²) >= 11 is 0. The number of piperazine rings is 1. The molecule has 2 rings (SSSR count). The highest BCUT2D eigenvalue weighted by atomic mass is 16.2. The molecule has 2 aliphatic rings. The third-order valence-corrected chi connectivity index (χ3v) is 5.09. The molecule has 4 amide bonds. The van der Waals surface area contributed by atoms with Crippen LogP contribution in [0, 0.1) is 11.8 Å². The van der Waals surface area contributed by atoms with Crippen molar-refractivity contribution in [2.24, 2.45) is 11.8 Å². The van der Waals surface area contributed by atoms with Gasteiger partial charge >= 0.3 is 12.1 Å². The number of carbonyl (C=O) groups is 2. The topological polar surface area (TPSA) is 59.1 Å². The number of urea groups is 2. The fourth-order valence-electron chi connectivity index (χ4n) is 3.97. The molecule has 1 N–H and O–H groups in total. The maximum Gasteiger partial charge on any atom is 0.319 e. The van der Waals surface area contributed by atoms with Gasteiger partial charge in [0.1, 0.15) is 0 Å². The van der Waals surface area contributed by atoms with E-state index in [1.807, 2.05) is 4.90 Å². The molecule has 2 heterocycles. The maximum absolute atomic E-state index is 12.3. The zero-order valence-corrected chi connectivity index (χ0v) is 16.3. The van der Waals surface area contributed by atoms with Crippen LogP contribution in [0.15, 0.2) is 0 Å². The second-order valence-corrected chi connectivity index (χ2v) is 7.94. The van der Waals surface area contributed by atoms with E-state index in [0.29, 0.717) is 26.2 Å². The van der Waals surface area contributed by atoms with Gasteiger partial charge in [0.25, 0.3) is 0 Å². The van der Waals surface area contributed by atoms with E-state index >= 15 is 0 Å². The zero-order chi connectivity index (χ0) is 18.4. The van der Waals surface area contributed by atoms with E-state index in [0.717, 1.165) is 31.3 Å². The molecule has 2 saturated heterocycles. The van der Waals surface area contributed by atoms with Crippen molar-refractivity contribution in [2.45, 2.75) is 26.7 Å². The number of piperidine rings is 1. The Morgan fingerprint density at radius 3 is 2.12 bits per heavy atom. The van der Waals surface area contributed by atoms with Gasteiger partial charge in [-0.15, -0.1) is 0 Å². The molecule has 0 saturated carbocycles. The molecular formula is C18H35N5O2. The molecular weight excluding hydrogens is 318 g/mol. The van der Waals surface area contributed by atoms with Gasteiger partial charge in [0.2, 0.25) is 0 Å². The molecule has 144 valence electrons. The number of nitrogens with zero attached hydrogens (tertiary/aromatic N) is 4. The minimum atomic E-state index is -0.00247. The van der Waals surface area contributed by atoms with Gasteiger partial charge in [0.05, 0.1) is 0 Å². The Labute approximate surface area is 152 Å². The number of rotatable bonds is 4. The lowest BCUT2D eigenvalue weighted by atomic mass is 9.92. The predicted octanol–water partition coefficient (Wildman–Crippen LogP) is 1.36. The second-order valence-electron chi connectivity index (χ2n) is 7.94. The van der Waals surface area contributed by atoms with E-state index in [4.69, 9.17) is 0 Å². The summed E-state index contributed by atoms with van der Waals surface area (Å²) in [5.74, 6) is 1.55. The summed E-state index contributed by atoms with van der Waals surface area (Å²) in [6.07, 6.45) is 2.32. The van der Waals surface area contributed by atoms with Gasteiger partial charge in [-0.1, -0.05) is 13.8 Å². The van der Waals surface area contributed by atoms with Crippen LogP contribution in [0.3, 0.4) is 0 Å². The summed E-state index contributed by atoms with van der Waals surface area (Å²) in [6.45, 7) is 11.2. The fourth-order valence-corrected chi connectivity index (χ4v) is 3.97. The van der Waals surface area contributed by atoms with Crippen molar-refractivity contribution in [3.05, 3.63) is 0 Å². The van der Waals surface area contributed by atoms with Crippen molar-refractivity contribution >= 4 is 12.1 Å². The quantitative estimate of drug-likeness (QED) is 0.777. The van der Waals surface area contributed by atoms with Crippen molar-refractivity contribution in [3.8, 4) is 0 Å². The third-order valence-electron chi connectivity index (χ3n) is 5.09. The van der Waals surface area contributed by atoms with Gasteiger partial charge in [-0.25, -0.2) is 9.59 Å². The van der Waals surface area contributed by atoms with Gasteiger partial charge in [-0.2, -0.15) is 0 Å². The molecule has 2 atom stereocenters. The van der Waals surface area contributed by atoms with Crippen LogP contribution in [-0.2, 0) is 0 Å². The highest BCUT2D eigenvalue weighted by molar-refractivity contribution is 5.76. The minimum Gasteiger partial charge on any atom is -0.338 e. The van der Waals surface area contributed by atoms with E-state index < -0.39 is 0 Å². The number of hydrogen-bond acceptors (Lipinski definition) is 3. The molecule has 0 bridgehead atoms. The Morgan fingerprint density at radius 2 is 1.56 bits per heavy atom. The van der Waals surface area contributed by atoms with Crippen molar-refractivity contribution in [1.82, 2.24) is 24.9 Å². The van der Waals surface area contributed by atoms with E-state index in [1.54, 1.807) is 23.9 Å². The average Bonchev–Trinajstić information content (AvgIpc) is 2.57. The molecule has 7 nitrogen and oxygen atoms in total. The molecule has 0 aromatic carbocycles. The molecule has 25 heavy (non-hydrogen) atoms. The van der Waals surface area contributed by atoms with Crippen LogP contribution in [0.2, 0.25) is 0 Å². The van der Waals surface area contributed by atoms with Crippen molar-refractivity contribution in [1.29, 1.82) is 0 Å². The molecule has 2 fully saturated rings. The zero-order valence-electron chi connectivity index (χ0n) is 16.3. The van der Waals surface area contributed by atoms with E-state index in [1.165, 1.54) is 19.5 Å². The first kappa shape index (κ1) is 19.8. The molecule has 2 unspecified atom stereocenters. The highest BCUT2D eigenvalue weighted by Gasteiger charge is 2.25. The summed E-state index contributed by atoms with van der Waals surface area (Å²) in [4.78, 5) is 31.9. The van der Waals surface area contributed by atoms with E-state index in [-0.39, 0.29) is 12.1 Å². The normalized spacial score (nSPS) is 25.0. The maximum atomic E-state index is 12.3. The van der Waals surface area contributed by atoms with Gasteiger partial charge in [-0.3, -0.25) is 0 Å². The Morgan fingerprint density at radius 1 is 1.00 bits per heavy atom. The van der Waals surface area contributed by atoms with Gasteiger partial charge in [0.15, 0.2) is 0 Å². The van der Waals surface area contributed by atoms with Crippen molar-refractivity contribution in [2.75, 3.05) is 66.5 Å². The monoisotopic (exact) mass is 353 g/mol. The Bertz CT molecular complexity index is 439. The first-order valence-electron chi connectivity index (χ1n) is 9.58. The lowest BCUT2D eigenvalue weighted by molar-refractivity contribution is 0.127. The molecule has 7 heteroatoms. The SMILES string of the molecule is CC1CC(C)CN(CCCNC(=O)N2CCN(C(=O)N(C)C)CC2)C1. The molecule has 0 radical (unpaired) electrons. The smallest absolute Gasteiger partial charge is 0.319 e. The first-order valence-corrected chi connectivity index (χ1v) is 9.58. The summed E-state index contributed by atoms with van der Waals surface area (Å²) in [5.41, 5.74) is 0. The van der Waals surface area contributed by atoms with Crippen LogP contribution in [0.5, 0.6) is 0 Å². The highest BCUT2D eigenvalue weighted by Crippen LogP contribution is 2.20. The summed E-state index contributed by atoms with van der Waals surface area (Å²) in [6, 6.07) is 0.0161. The summed E-state index contributed by atoms with van der Waals surface area (Å²) < 4.78 is 0. The third kappa shape index (κ3) is 6.06. The Kier molecular flexibility index (Phi) is 7.35. The number of nitrogens with one attached hydrogen (secondary N) is 1. The summed E-state index contributed by atoms with van der Waals surface area (Å²) in [7, 11) is 3.51. The molecule has 0 aromatic rings. The lowest BCUT2D eigenvalue weighted by Crippen LogP contribution is -2.55. The number of carbonyl (C=O) groups excluding carboxylic acids is 2. The summed E-state index contributed by atoms with van der Waals surface area (Å²) in [5, 5.41) is 3.03. The van der Waals surface area contributed by atoms with Crippen molar-refractivity contribution in [3.63, 3.8) is 0 Å². The molecule has 0 spiro atoms. The number of hydrogen-bond donors (Lipinski definition) is 1. The minimum absolute atomic E-state index is 0.00247. The van der Waals surface area contributed by atoms with E-state index in [2.05, 4.69) is 24.1 Å². The van der Waals surface area contributed by atoms with Crippen molar-refractivity contribution < 1.29 is 9.59 Å². The van der Waals surface area contributed by atoms with Crippen LogP contribution in [0.25, 0.3) is 0 Å². The molecule has 0 aliphatic carbocycles. The lowest BCUT2D eigenvalue weighted by Gasteiger charge is -2.36. The fraction of sp³-hybridized carbons (Fsp3) is 0.889. The van der Waals surface area contributed by atoms with Crippen LogP contribution in [0.4, 0.5) is 9.59 Å². The van der Waals surface area contributed by atoms with Gasteiger partial charge < -0.3 is 24.9 Å². The molecule has 2 aliphatic heterocycles. The van der Waals surface area contributed by atoms with Gasteiger partial charge in [-0.05, 0) is 31.2 Å². The largest absolute Gasteiger partial charge is 0.338 e. The first-order chi connectivity index (χ1) is 11.9. The standard InChI is InChI=1S/C18H35N5O2/c1-15-12-16(2)14-21(13-15)7-5-6-19-17(24)22-8-10-23(11-9-22)18(25)20(3)4/h15-16H,5-14H2,1-4H3,(H,19,24). The van der Waals surface area contributed by atoms with Crippen LogP contribution < -0.4 is 5.32 Å². The number of likely N-dealkylation sites (tertiary alicyclic amines) is 1. The van der Waals surface area contributed by atoms with Crippen LogP contribution in [-0.4, -0.2) is 98.1 Å². The predicted molar refractivity (Wildman–Crippen MR) is 99.6 cm³/mol. The van der Waals surface area contributed by atoms with E-state index in [9.17, 15) is 9.59 Å². The molecule has 0 aromatic heterocycles. The van der Waals surface area contributed by atoms with Crippen LogP contribution >= 0.6 is 0 Å². The average molecular weight is 354 g/mol. The van der Waals surface area contributed by atoms with Crippen LogP contribution in [0.1, 0.15) is 26.7 Å².